The Kier molecular flexibility index (Phi) is 11.3. The normalized spacial score (nSPS) is 19.3. The average Bonchev–Trinajstić information content (AvgIpc) is 3.21. The molecule has 1 heterocycles. The van der Waals surface area contributed by atoms with Crippen LogP contribution >= 0.6 is 24.4 Å². The van der Waals surface area contributed by atoms with E-state index >= 15 is 0 Å². The molecule has 0 aromatic rings. The number of carboxylic acids is 1. The quantitative estimate of drug-likeness (QED) is 0.172. The van der Waals surface area contributed by atoms with E-state index in [1.807, 2.05) is 6.26 Å². The summed E-state index contributed by atoms with van der Waals surface area (Å²) >= 11 is 5.54. The van der Waals surface area contributed by atoms with Crippen molar-refractivity contribution in [2.24, 2.45) is 0 Å². The number of carbonyl (C=O) groups is 4. The maximum Gasteiger partial charge on any atom is 0.328 e. The second-order valence-corrected chi connectivity index (χ2v) is 7.67. The van der Waals surface area contributed by atoms with Crippen LogP contribution in [0.5, 0.6) is 0 Å². The van der Waals surface area contributed by atoms with Crippen molar-refractivity contribution in [2.75, 3.05) is 30.9 Å². The fourth-order valence-corrected chi connectivity index (χ4v) is 3.34. The summed E-state index contributed by atoms with van der Waals surface area (Å²) in [5.41, 5.74) is 0. The minimum Gasteiger partial charge on any atom is -0.480 e. The molecule has 28 heavy (non-hydrogen) atoms. The molecule has 1 saturated heterocycles. The number of carboxylic acid groups (broad SMARTS) is 1. The van der Waals surface area contributed by atoms with Crippen LogP contribution in [-0.2, 0) is 19.2 Å². The molecular formula is C16H28N4O6S2. The molecule has 1 fully saturated rings. The number of aliphatic hydroxyl groups is 1. The van der Waals surface area contributed by atoms with Gasteiger partial charge >= 0.3 is 5.97 Å². The van der Waals surface area contributed by atoms with Crippen LogP contribution in [0, 0.1) is 0 Å². The third kappa shape index (κ3) is 7.86. The lowest BCUT2D eigenvalue weighted by Crippen LogP contribution is -2.58. The topological polar surface area (TPSA) is 157 Å². The third-order valence-electron chi connectivity index (χ3n) is 4.23. The molecule has 160 valence electrons. The summed E-state index contributed by atoms with van der Waals surface area (Å²) in [5, 5.41) is 28.3. The average molecular weight is 437 g/mol. The molecule has 0 spiro atoms. The van der Waals surface area contributed by atoms with Gasteiger partial charge in [-0.05, 0) is 37.8 Å². The van der Waals surface area contributed by atoms with E-state index in [1.165, 1.54) is 11.8 Å². The molecule has 0 saturated carbocycles. The van der Waals surface area contributed by atoms with Crippen molar-refractivity contribution in [3.8, 4) is 0 Å². The number of rotatable bonds is 12. The number of aliphatic carboxylic acids is 1. The summed E-state index contributed by atoms with van der Waals surface area (Å²) < 4.78 is 0. The van der Waals surface area contributed by atoms with Crippen LogP contribution in [0.3, 0.4) is 0 Å². The van der Waals surface area contributed by atoms with E-state index in [-0.39, 0.29) is 17.7 Å². The second kappa shape index (κ2) is 12.9. The summed E-state index contributed by atoms with van der Waals surface area (Å²) in [6.07, 6.45) is 3.83. The molecule has 6 N–H and O–H groups in total. The number of amides is 3. The zero-order valence-corrected chi connectivity index (χ0v) is 17.4. The first-order valence-electron chi connectivity index (χ1n) is 8.92. The molecule has 0 aromatic carbocycles. The zero-order valence-electron chi connectivity index (χ0n) is 15.6. The van der Waals surface area contributed by atoms with E-state index in [2.05, 4.69) is 33.9 Å². The number of thiol groups is 1. The number of nitrogens with one attached hydrogen (secondary N) is 4. The van der Waals surface area contributed by atoms with Crippen LogP contribution in [0.2, 0.25) is 0 Å². The standard InChI is InChI=1S/C16H28N4O6S2/c1-28-6-4-10(18-13(22)9-3-2-5-17-9)14(23)20-12(8-27)15(24)19-11(7-21)16(25)26/h9-12,17,21,27H,2-8H2,1H3,(H,18,22)(H,19,24)(H,20,23)(H,25,26). The first-order chi connectivity index (χ1) is 13.3. The van der Waals surface area contributed by atoms with Crippen LogP contribution in [0.15, 0.2) is 0 Å². The fraction of sp³-hybridized carbons (Fsp3) is 0.750. The van der Waals surface area contributed by atoms with E-state index in [0.717, 1.165) is 13.0 Å². The summed E-state index contributed by atoms with van der Waals surface area (Å²) in [7, 11) is 0. The summed E-state index contributed by atoms with van der Waals surface area (Å²) in [5.74, 6) is -2.45. The lowest BCUT2D eigenvalue weighted by Gasteiger charge is -2.24. The molecule has 12 heteroatoms. The lowest BCUT2D eigenvalue weighted by atomic mass is 10.1. The number of hydrogen-bond donors (Lipinski definition) is 7. The van der Waals surface area contributed by atoms with Crippen molar-refractivity contribution < 1.29 is 29.4 Å². The van der Waals surface area contributed by atoms with E-state index < -0.39 is 42.5 Å². The van der Waals surface area contributed by atoms with Gasteiger partial charge in [0.25, 0.3) is 0 Å². The Morgan fingerprint density at radius 2 is 1.79 bits per heavy atom. The molecule has 0 aromatic heterocycles. The van der Waals surface area contributed by atoms with Crippen LogP contribution in [0.25, 0.3) is 0 Å². The minimum absolute atomic E-state index is 0.0806. The van der Waals surface area contributed by atoms with Gasteiger partial charge in [-0.1, -0.05) is 0 Å². The molecule has 0 radical (unpaired) electrons. The SMILES string of the molecule is CSCCC(NC(=O)C1CCCN1)C(=O)NC(CS)C(=O)NC(CO)C(=O)O. The van der Waals surface area contributed by atoms with Crippen LogP contribution in [-0.4, -0.2) is 89.0 Å². The molecule has 10 nitrogen and oxygen atoms in total. The molecule has 0 aliphatic carbocycles. The van der Waals surface area contributed by atoms with E-state index in [1.54, 1.807) is 0 Å². The maximum absolute atomic E-state index is 12.6. The van der Waals surface area contributed by atoms with Gasteiger partial charge < -0.3 is 31.5 Å². The molecule has 1 rings (SSSR count). The number of aliphatic hydroxyl groups excluding tert-OH is 1. The van der Waals surface area contributed by atoms with E-state index in [0.29, 0.717) is 18.6 Å². The Hall–Kier alpha value is -1.50. The van der Waals surface area contributed by atoms with E-state index in [9.17, 15) is 19.2 Å². The van der Waals surface area contributed by atoms with Crippen molar-refractivity contribution in [3.63, 3.8) is 0 Å². The van der Waals surface area contributed by atoms with Crippen LogP contribution < -0.4 is 21.3 Å². The Labute approximate surface area is 173 Å². The second-order valence-electron chi connectivity index (χ2n) is 6.32. The number of carbonyl (C=O) groups excluding carboxylic acids is 3. The Balaban J connectivity index is 2.72. The molecule has 1 aliphatic heterocycles. The van der Waals surface area contributed by atoms with Gasteiger partial charge in [0.15, 0.2) is 0 Å². The first kappa shape index (κ1) is 24.5. The van der Waals surface area contributed by atoms with E-state index in [4.69, 9.17) is 10.2 Å². The Morgan fingerprint density at radius 1 is 1.14 bits per heavy atom. The predicted octanol–water partition coefficient (Wildman–Crippen LogP) is -2.05. The largest absolute Gasteiger partial charge is 0.480 e. The van der Waals surface area contributed by atoms with Crippen molar-refractivity contribution in [2.45, 2.75) is 43.4 Å². The number of hydrogen-bond acceptors (Lipinski definition) is 8. The van der Waals surface area contributed by atoms with Gasteiger partial charge in [-0.3, -0.25) is 14.4 Å². The zero-order chi connectivity index (χ0) is 21.1. The highest BCUT2D eigenvalue weighted by Crippen LogP contribution is 2.07. The predicted molar refractivity (Wildman–Crippen MR) is 108 cm³/mol. The van der Waals surface area contributed by atoms with Gasteiger partial charge in [-0.25, -0.2) is 4.79 Å². The molecule has 1 aliphatic rings. The van der Waals surface area contributed by atoms with Crippen LogP contribution in [0.4, 0.5) is 0 Å². The summed E-state index contributed by atoms with van der Waals surface area (Å²) in [6.45, 7) is -0.0354. The van der Waals surface area contributed by atoms with Gasteiger partial charge in [0.1, 0.15) is 18.1 Å². The minimum atomic E-state index is -1.48. The molecule has 3 amide bonds. The highest BCUT2D eigenvalue weighted by atomic mass is 32.2. The van der Waals surface area contributed by atoms with Gasteiger partial charge in [-0.15, -0.1) is 0 Å². The van der Waals surface area contributed by atoms with Crippen molar-refractivity contribution in [1.82, 2.24) is 21.3 Å². The monoisotopic (exact) mass is 436 g/mol. The molecule has 4 atom stereocenters. The third-order valence-corrected chi connectivity index (χ3v) is 5.24. The Bertz CT molecular complexity index is 559. The maximum atomic E-state index is 12.6. The first-order valence-corrected chi connectivity index (χ1v) is 10.9. The van der Waals surface area contributed by atoms with Crippen LogP contribution in [0.1, 0.15) is 19.3 Å². The summed E-state index contributed by atoms with van der Waals surface area (Å²) in [6, 6.07) is -3.75. The Morgan fingerprint density at radius 3 is 2.29 bits per heavy atom. The smallest absolute Gasteiger partial charge is 0.328 e. The van der Waals surface area contributed by atoms with Gasteiger partial charge in [0.2, 0.25) is 17.7 Å². The van der Waals surface area contributed by atoms with Crippen molar-refractivity contribution in [1.29, 1.82) is 0 Å². The molecule has 0 bridgehead atoms. The highest BCUT2D eigenvalue weighted by molar-refractivity contribution is 7.98. The number of thioether (sulfide) groups is 1. The lowest BCUT2D eigenvalue weighted by molar-refractivity contribution is -0.143. The highest BCUT2D eigenvalue weighted by Gasteiger charge is 2.30. The van der Waals surface area contributed by atoms with Crippen molar-refractivity contribution in [3.05, 3.63) is 0 Å². The van der Waals surface area contributed by atoms with Crippen molar-refractivity contribution >= 4 is 48.1 Å². The summed E-state index contributed by atoms with van der Waals surface area (Å²) in [4.78, 5) is 48.1. The molecule has 4 unspecified atom stereocenters. The van der Waals surface area contributed by atoms with Gasteiger partial charge in [0.05, 0.1) is 12.6 Å². The van der Waals surface area contributed by atoms with Gasteiger partial charge in [-0.2, -0.15) is 24.4 Å². The molecular weight excluding hydrogens is 408 g/mol. The van der Waals surface area contributed by atoms with Gasteiger partial charge in [0, 0.05) is 5.75 Å². The fourth-order valence-electron chi connectivity index (χ4n) is 2.61.